The Balaban J connectivity index is 1.69. The molecule has 0 radical (unpaired) electrons. The highest BCUT2D eigenvalue weighted by Gasteiger charge is 2.73. The molecule has 2 atom stereocenters. The lowest BCUT2D eigenvalue weighted by Gasteiger charge is -2.53. The smallest absolute Gasteiger partial charge is 0.338 e. The second kappa shape index (κ2) is 10.7. The molecule has 1 amide bonds. The monoisotopic (exact) mass is 673 g/mol. The van der Waals surface area contributed by atoms with E-state index in [4.69, 9.17) is 0 Å². The standard InChI is InChI=1S/C28H27F8NO5S2/c29-20-3-1-4-21(16-20)44(41,42)25-11-2-12-37(24(38)17-9-13-43(39,40)14-10-17)23(25)8-5-18-15-19(6-7-22(18)25)26(30,27(31,32)33)28(34,35)36/h1,3-4,6-7,15-17,23H,2,5,8-14H2. The zero-order valence-electron chi connectivity index (χ0n) is 22.9. The third-order valence-electron chi connectivity index (χ3n) is 9.06. The number of alkyl halides is 7. The maximum Gasteiger partial charge on any atom is 0.435 e. The van der Waals surface area contributed by atoms with Gasteiger partial charge in [0.25, 0.3) is 0 Å². The normalized spacial score (nSPS) is 24.8. The first-order valence-corrected chi connectivity index (χ1v) is 17.0. The van der Waals surface area contributed by atoms with Crippen molar-refractivity contribution in [3.63, 3.8) is 0 Å². The van der Waals surface area contributed by atoms with Crippen LogP contribution in [0.1, 0.15) is 48.8 Å². The van der Waals surface area contributed by atoms with Crippen LogP contribution in [-0.2, 0) is 41.3 Å². The molecule has 1 aliphatic carbocycles. The molecule has 0 bridgehead atoms. The molecule has 2 fully saturated rings. The van der Waals surface area contributed by atoms with Crippen LogP contribution >= 0.6 is 0 Å². The van der Waals surface area contributed by atoms with E-state index in [1.807, 2.05) is 0 Å². The Morgan fingerprint density at radius 3 is 2.14 bits per heavy atom. The molecule has 2 unspecified atom stereocenters. The fourth-order valence-electron chi connectivity index (χ4n) is 6.94. The molecular weight excluding hydrogens is 646 g/mol. The predicted octanol–water partition coefficient (Wildman–Crippen LogP) is 5.55. The minimum atomic E-state index is -6.39. The average molecular weight is 674 g/mol. The lowest BCUT2D eigenvalue weighted by Crippen LogP contribution is -2.63. The van der Waals surface area contributed by atoms with Gasteiger partial charge in [-0.1, -0.05) is 24.3 Å². The Labute approximate surface area is 248 Å². The van der Waals surface area contributed by atoms with E-state index in [1.54, 1.807) is 0 Å². The van der Waals surface area contributed by atoms with Crippen LogP contribution in [0.5, 0.6) is 0 Å². The minimum Gasteiger partial charge on any atom is -0.338 e. The van der Waals surface area contributed by atoms with Crippen molar-refractivity contribution in [1.82, 2.24) is 4.90 Å². The van der Waals surface area contributed by atoms with Crippen molar-refractivity contribution in [1.29, 1.82) is 0 Å². The third kappa shape index (κ3) is 4.99. The molecule has 0 saturated carbocycles. The minimum absolute atomic E-state index is 0.00144. The third-order valence-corrected chi connectivity index (χ3v) is 13.3. The van der Waals surface area contributed by atoms with Crippen molar-refractivity contribution >= 4 is 25.6 Å². The fraction of sp³-hybridized carbons (Fsp3) is 0.536. The van der Waals surface area contributed by atoms with Crippen molar-refractivity contribution in [2.45, 2.75) is 72.2 Å². The summed E-state index contributed by atoms with van der Waals surface area (Å²) in [5, 5.41) is 0. The van der Waals surface area contributed by atoms with Gasteiger partial charge in [0.05, 0.1) is 22.4 Å². The second-order valence-corrected chi connectivity index (χ2v) is 16.0. The summed E-state index contributed by atoms with van der Waals surface area (Å²) in [6.45, 7) is 0.0658. The van der Waals surface area contributed by atoms with E-state index >= 15 is 4.39 Å². The molecule has 3 aliphatic rings. The van der Waals surface area contributed by atoms with Gasteiger partial charge in [-0.2, -0.15) is 26.3 Å². The van der Waals surface area contributed by atoms with E-state index < -0.39 is 76.6 Å². The molecule has 6 nitrogen and oxygen atoms in total. The van der Waals surface area contributed by atoms with Gasteiger partial charge in [-0.05, 0) is 67.9 Å². The van der Waals surface area contributed by atoms with E-state index in [2.05, 4.69) is 0 Å². The van der Waals surface area contributed by atoms with Crippen molar-refractivity contribution in [2.24, 2.45) is 5.92 Å². The second-order valence-electron chi connectivity index (χ2n) is 11.5. The number of amides is 1. The van der Waals surface area contributed by atoms with Crippen molar-refractivity contribution in [2.75, 3.05) is 18.1 Å². The fourth-order valence-corrected chi connectivity index (χ4v) is 10.9. The van der Waals surface area contributed by atoms with Gasteiger partial charge in [-0.25, -0.2) is 25.6 Å². The van der Waals surface area contributed by atoms with Gasteiger partial charge < -0.3 is 4.90 Å². The molecule has 0 aromatic heterocycles. The lowest BCUT2D eigenvalue weighted by molar-refractivity contribution is -0.348. The molecule has 2 aromatic rings. The number of sulfone groups is 2. The van der Waals surface area contributed by atoms with E-state index in [9.17, 15) is 52.4 Å². The molecule has 0 spiro atoms. The SMILES string of the molecule is O=C(C1CCS(=O)(=O)CC1)N1CCCC2(S(=O)(=O)c3cccc(F)c3)c3ccc(C(F)(C(F)(F)F)C(F)(F)F)cc3CCC12. The Bertz CT molecular complexity index is 1660. The number of nitrogens with zero attached hydrogens (tertiary/aromatic N) is 1. The summed E-state index contributed by atoms with van der Waals surface area (Å²) in [6, 6.07) is 4.14. The summed E-state index contributed by atoms with van der Waals surface area (Å²) in [6.07, 6.45) is -13.5. The van der Waals surface area contributed by atoms with Crippen LogP contribution in [0.3, 0.4) is 0 Å². The molecule has 2 aromatic carbocycles. The number of piperidine rings is 1. The zero-order valence-corrected chi connectivity index (χ0v) is 24.5. The Kier molecular flexibility index (Phi) is 7.91. The van der Waals surface area contributed by atoms with Gasteiger partial charge in [-0.15, -0.1) is 0 Å². The highest BCUT2D eigenvalue weighted by molar-refractivity contribution is 7.92. The molecule has 44 heavy (non-hydrogen) atoms. The number of benzene rings is 2. The first kappa shape index (κ1) is 32.6. The first-order chi connectivity index (χ1) is 20.3. The zero-order chi connectivity index (χ0) is 32.5. The van der Waals surface area contributed by atoms with Gasteiger partial charge in [0.15, 0.2) is 9.84 Å². The molecule has 2 heterocycles. The quantitative estimate of drug-likeness (QED) is 0.398. The van der Waals surface area contributed by atoms with Crippen molar-refractivity contribution in [3.05, 3.63) is 65.0 Å². The molecule has 5 rings (SSSR count). The largest absolute Gasteiger partial charge is 0.435 e. The number of rotatable bonds is 4. The number of likely N-dealkylation sites (tertiary alicyclic amines) is 1. The Morgan fingerprint density at radius 2 is 1.55 bits per heavy atom. The number of fused-ring (bicyclic) bond motifs is 3. The number of hydrogen-bond acceptors (Lipinski definition) is 5. The highest BCUT2D eigenvalue weighted by atomic mass is 32.2. The molecule has 16 heteroatoms. The van der Waals surface area contributed by atoms with Gasteiger partial charge in [0, 0.05) is 18.0 Å². The maximum absolute atomic E-state index is 15.0. The number of halogens is 8. The highest BCUT2D eigenvalue weighted by Crippen LogP contribution is 2.56. The Morgan fingerprint density at radius 1 is 0.909 bits per heavy atom. The average Bonchev–Trinajstić information content (AvgIpc) is 2.94. The van der Waals surface area contributed by atoms with Crippen LogP contribution in [0.4, 0.5) is 35.1 Å². The number of aryl methyl sites for hydroxylation is 1. The Hall–Kier alpha value is -2.75. The van der Waals surface area contributed by atoms with Crippen LogP contribution < -0.4 is 0 Å². The van der Waals surface area contributed by atoms with Crippen LogP contribution in [-0.4, -0.2) is 64.1 Å². The van der Waals surface area contributed by atoms with Crippen LogP contribution in [0, 0.1) is 11.7 Å². The predicted molar refractivity (Wildman–Crippen MR) is 141 cm³/mol. The van der Waals surface area contributed by atoms with Gasteiger partial charge in [0.1, 0.15) is 20.4 Å². The van der Waals surface area contributed by atoms with Crippen LogP contribution in [0.25, 0.3) is 0 Å². The molecule has 2 saturated heterocycles. The topological polar surface area (TPSA) is 88.6 Å². The maximum atomic E-state index is 15.0. The van der Waals surface area contributed by atoms with E-state index in [0.29, 0.717) is 6.07 Å². The number of hydrogen-bond donors (Lipinski definition) is 0. The first-order valence-electron chi connectivity index (χ1n) is 13.7. The molecule has 2 aliphatic heterocycles. The molecular formula is C28H27F8NO5S2. The van der Waals surface area contributed by atoms with E-state index in [-0.39, 0.29) is 73.8 Å². The van der Waals surface area contributed by atoms with Crippen molar-refractivity contribution in [3.8, 4) is 0 Å². The lowest BCUT2D eigenvalue weighted by atomic mass is 9.72. The summed E-state index contributed by atoms with van der Waals surface area (Å²) in [5.74, 6) is -2.68. The summed E-state index contributed by atoms with van der Waals surface area (Å²) >= 11 is 0. The van der Waals surface area contributed by atoms with Gasteiger partial charge in [0.2, 0.25) is 5.91 Å². The van der Waals surface area contributed by atoms with E-state index in [1.165, 1.54) is 4.90 Å². The number of carbonyl (C=O) groups excluding carboxylic acids is 1. The van der Waals surface area contributed by atoms with Gasteiger partial charge in [-0.3, -0.25) is 4.79 Å². The summed E-state index contributed by atoms with van der Waals surface area (Å²) < 4.78 is 161. The summed E-state index contributed by atoms with van der Waals surface area (Å²) in [7, 11) is -8.06. The molecule has 0 N–H and O–H groups in total. The van der Waals surface area contributed by atoms with Crippen molar-refractivity contribution < 1.29 is 56.8 Å². The molecule has 242 valence electrons. The van der Waals surface area contributed by atoms with Crippen LogP contribution in [0.15, 0.2) is 47.4 Å². The van der Waals surface area contributed by atoms with Gasteiger partial charge >= 0.3 is 18.0 Å². The summed E-state index contributed by atoms with van der Waals surface area (Å²) in [4.78, 5) is 14.6. The van der Waals surface area contributed by atoms with E-state index in [0.717, 1.165) is 30.3 Å². The summed E-state index contributed by atoms with van der Waals surface area (Å²) in [5.41, 5.74) is -7.97. The number of carbonyl (C=O) groups is 1. The van der Waals surface area contributed by atoms with Crippen LogP contribution in [0.2, 0.25) is 0 Å².